The smallest absolute Gasteiger partial charge is 0.270 e. The summed E-state index contributed by atoms with van der Waals surface area (Å²) in [6, 6.07) is 2.58. The second-order valence-electron chi connectivity index (χ2n) is 2.88. The molecule has 0 spiro atoms. The van der Waals surface area contributed by atoms with E-state index >= 15 is 0 Å². The first-order chi connectivity index (χ1) is 6.89. The number of alkyl halides is 3. The van der Waals surface area contributed by atoms with E-state index in [1.165, 1.54) is 0 Å². The summed E-state index contributed by atoms with van der Waals surface area (Å²) in [4.78, 5) is 0. The maximum absolute atomic E-state index is 12.6. The van der Waals surface area contributed by atoms with Crippen LogP contribution in [0.5, 0.6) is 0 Å². The Morgan fingerprint density at radius 1 is 1.20 bits per heavy atom. The number of benzene rings is 1. The summed E-state index contributed by atoms with van der Waals surface area (Å²) >= 11 is 6.13. The zero-order valence-corrected chi connectivity index (χ0v) is 10.2. The van der Waals surface area contributed by atoms with Gasteiger partial charge >= 0.3 is 6.18 Å². The molecule has 2 aromatic rings. The average Bonchev–Trinajstić information content (AvgIpc) is 2.45. The molecule has 0 radical (unpaired) electrons. The Kier molecular flexibility index (Phi) is 2.54. The lowest BCUT2D eigenvalue weighted by Crippen LogP contribution is -2.05. The van der Waals surface area contributed by atoms with Crippen molar-refractivity contribution in [3.8, 4) is 0 Å². The van der Waals surface area contributed by atoms with Crippen molar-refractivity contribution in [2.24, 2.45) is 0 Å². The lowest BCUT2D eigenvalue weighted by molar-refractivity contribution is -0.136. The number of H-pyrrole nitrogens is 1. The van der Waals surface area contributed by atoms with Gasteiger partial charge in [0, 0.05) is 9.86 Å². The number of nitrogens with one attached hydrogen (secondary N) is 1. The highest BCUT2D eigenvalue weighted by molar-refractivity contribution is 9.11. The molecule has 0 aliphatic carbocycles. The van der Waals surface area contributed by atoms with Crippen molar-refractivity contribution < 1.29 is 13.2 Å². The molecule has 80 valence electrons. The van der Waals surface area contributed by atoms with E-state index in [0.29, 0.717) is 14.5 Å². The molecule has 0 saturated heterocycles. The monoisotopic (exact) mass is 342 g/mol. The van der Waals surface area contributed by atoms with E-state index in [2.05, 4.69) is 42.1 Å². The van der Waals surface area contributed by atoms with Crippen LogP contribution in [0, 0.1) is 0 Å². The van der Waals surface area contributed by atoms with Crippen molar-refractivity contribution in [1.29, 1.82) is 0 Å². The van der Waals surface area contributed by atoms with Crippen molar-refractivity contribution in [1.82, 2.24) is 10.2 Å². The van der Waals surface area contributed by atoms with Crippen LogP contribution in [-0.4, -0.2) is 10.2 Å². The quantitative estimate of drug-likeness (QED) is 0.766. The van der Waals surface area contributed by atoms with Crippen molar-refractivity contribution in [2.75, 3.05) is 0 Å². The second kappa shape index (κ2) is 3.48. The fourth-order valence-electron chi connectivity index (χ4n) is 1.27. The summed E-state index contributed by atoms with van der Waals surface area (Å²) in [6.45, 7) is 0. The lowest BCUT2D eigenvalue weighted by atomic mass is 10.1. The topological polar surface area (TPSA) is 28.7 Å². The van der Waals surface area contributed by atoms with Crippen LogP contribution in [0.2, 0.25) is 0 Å². The fourth-order valence-corrected chi connectivity index (χ4v) is 2.12. The van der Waals surface area contributed by atoms with Crippen LogP contribution in [0.3, 0.4) is 0 Å². The highest BCUT2D eigenvalue weighted by atomic mass is 79.9. The number of hydrogen-bond donors (Lipinski definition) is 1. The molecule has 15 heavy (non-hydrogen) atoms. The van der Waals surface area contributed by atoms with Crippen LogP contribution in [0.25, 0.3) is 10.9 Å². The van der Waals surface area contributed by atoms with Gasteiger partial charge in [-0.2, -0.15) is 18.3 Å². The van der Waals surface area contributed by atoms with Crippen LogP contribution in [0.4, 0.5) is 13.2 Å². The molecule has 1 aromatic carbocycles. The van der Waals surface area contributed by atoms with Gasteiger partial charge in [-0.25, -0.2) is 0 Å². The Morgan fingerprint density at radius 3 is 2.47 bits per heavy atom. The van der Waals surface area contributed by atoms with E-state index in [1.54, 1.807) is 6.07 Å². The van der Waals surface area contributed by atoms with Gasteiger partial charge in [-0.15, -0.1) is 0 Å². The molecule has 0 aliphatic rings. The minimum absolute atomic E-state index is 0.0856. The fraction of sp³-hybridized carbons (Fsp3) is 0.125. The first-order valence-electron chi connectivity index (χ1n) is 3.80. The Labute approximate surface area is 99.1 Å². The third kappa shape index (κ3) is 1.90. The number of aromatic amines is 1. The molecule has 0 amide bonds. The zero-order chi connectivity index (χ0) is 11.2. The third-order valence-electron chi connectivity index (χ3n) is 1.88. The van der Waals surface area contributed by atoms with Gasteiger partial charge < -0.3 is 0 Å². The molecule has 0 fully saturated rings. The largest absolute Gasteiger partial charge is 0.418 e. The van der Waals surface area contributed by atoms with Gasteiger partial charge in [-0.05, 0) is 28.1 Å². The van der Waals surface area contributed by atoms with Crippen LogP contribution in [0.15, 0.2) is 21.2 Å². The van der Waals surface area contributed by atoms with Gasteiger partial charge in [0.1, 0.15) is 10.1 Å². The molecule has 7 heteroatoms. The summed E-state index contributed by atoms with van der Waals surface area (Å²) in [6.07, 6.45) is -4.41. The van der Waals surface area contributed by atoms with Gasteiger partial charge in [-0.3, -0.25) is 5.10 Å². The van der Waals surface area contributed by atoms with Gasteiger partial charge in [0.15, 0.2) is 0 Å². The molecular weight excluding hydrogens is 341 g/mol. The Balaban J connectivity index is 2.84. The maximum Gasteiger partial charge on any atom is 0.418 e. The highest BCUT2D eigenvalue weighted by Gasteiger charge is 2.34. The first-order valence-corrected chi connectivity index (χ1v) is 5.38. The molecule has 0 unspecified atom stereocenters. The molecule has 0 atom stereocenters. The average molecular weight is 344 g/mol. The number of fused-ring (bicyclic) bond motifs is 1. The predicted molar refractivity (Wildman–Crippen MR) is 56.5 cm³/mol. The summed E-state index contributed by atoms with van der Waals surface area (Å²) in [5.74, 6) is 0. The van der Waals surface area contributed by atoms with Crippen LogP contribution in [0.1, 0.15) is 5.56 Å². The normalized spacial score (nSPS) is 12.3. The van der Waals surface area contributed by atoms with E-state index in [4.69, 9.17) is 0 Å². The molecule has 0 bridgehead atoms. The third-order valence-corrected chi connectivity index (χ3v) is 2.94. The highest BCUT2D eigenvalue weighted by Crippen LogP contribution is 2.37. The Bertz CT molecular complexity index is 518. The standard InChI is InChI=1S/C8H3Br2F3N2/c9-3-1-4-6(14-15-7(4)10)5(2-3)8(11,12)13/h1-2H,(H,14,15). The van der Waals surface area contributed by atoms with Crippen LogP contribution >= 0.6 is 31.9 Å². The summed E-state index contributed by atoms with van der Waals surface area (Å²) < 4.78 is 38.7. The van der Waals surface area contributed by atoms with Gasteiger partial charge in [0.25, 0.3) is 0 Å². The Hall–Kier alpha value is -0.560. The van der Waals surface area contributed by atoms with E-state index < -0.39 is 11.7 Å². The molecule has 2 rings (SSSR count). The Morgan fingerprint density at radius 2 is 1.87 bits per heavy atom. The number of rotatable bonds is 0. The molecular formula is C8H3Br2F3N2. The maximum atomic E-state index is 12.6. The van der Waals surface area contributed by atoms with E-state index in [0.717, 1.165) is 6.07 Å². The lowest BCUT2D eigenvalue weighted by Gasteiger charge is -2.07. The van der Waals surface area contributed by atoms with Gasteiger partial charge in [-0.1, -0.05) is 15.9 Å². The van der Waals surface area contributed by atoms with E-state index in [-0.39, 0.29) is 5.52 Å². The first kappa shape index (κ1) is 10.9. The van der Waals surface area contributed by atoms with E-state index in [1.807, 2.05) is 0 Å². The number of halogens is 5. The number of aromatic nitrogens is 2. The molecule has 1 aromatic heterocycles. The van der Waals surface area contributed by atoms with E-state index in [9.17, 15) is 13.2 Å². The molecule has 1 heterocycles. The molecule has 2 nitrogen and oxygen atoms in total. The molecule has 1 N–H and O–H groups in total. The van der Waals surface area contributed by atoms with Crippen LogP contribution in [-0.2, 0) is 6.18 Å². The van der Waals surface area contributed by atoms with Crippen molar-refractivity contribution >= 4 is 42.8 Å². The number of nitrogens with zero attached hydrogens (tertiary/aromatic N) is 1. The van der Waals surface area contributed by atoms with Gasteiger partial charge in [0.2, 0.25) is 0 Å². The van der Waals surface area contributed by atoms with Gasteiger partial charge in [0.05, 0.1) is 5.56 Å². The predicted octanol–water partition coefficient (Wildman–Crippen LogP) is 4.11. The SMILES string of the molecule is FC(F)(F)c1cc(Br)cc2c(Br)[nH]nc12. The van der Waals surface area contributed by atoms with Crippen molar-refractivity contribution in [3.63, 3.8) is 0 Å². The summed E-state index contributed by atoms with van der Waals surface area (Å²) in [5, 5.41) is 6.47. The van der Waals surface area contributed by atoms with Crippen molar-refractivity contribution in [2.45, 2.75) is 6.18 Å². The second-order valence-corrected chi connectivity index (χ2v) is 4.59. The minimum Gasteiger partial charge on any atom is -0.270 e. The van der Waals surface area contributed by atoms with Crippen molar-refractivity contribution in [3.05, 3.63) is 26.8 Å². The summed E-state index contributed by atoms with van der Waals surface area (Å²) in [7, 11) is 0. The minimum atomic E-state index is -4.41. The summed E-state index contributed by atoms with van der Waals surface area (Å²) in [5.41, 5.74) is -0.841. The van der Waals surface area contributed by atoms with Crippen LogP contribution < -0.4 is 0 Å². The zero-order valence-electron chi connectivity index (χ0n) is 6.99. The number of hydrogen-bond acceptors (Lipinski definition) is 1. The molecule has 0 aliphatic heterocycles. The molecule has 0 saturated carbocycles.